The van der Waals surface area contributed by atoms with Crippen molar-refractivity contribution >= 4 is 11.6 Å². The second-order valence-corrected chi connectivity index (χ2v) is 5.79. The fourth-order valence-corrected chi connectivity index (χ4v) is 2.19. The standard InChI is InChI=1S/C15H20N2O/c1-11(18)17-13(12-8-6-5-7-9-12)10-14(16-17)15(2,3)4/h5-9,13H,10H2,1-4H3. The van der Waals surface area contributed by atoms with Gasteiger partial charge in [0.15, 0.2) is 0 Å². The molecule has 1 aliphatic heterocycles. The molecule has 3 heteroatoms. The molecule has 1 aromatic carbocycles. The molecule has 0 bridgehead atoms. The highest BCUT2D eigenvalue weighted by Crippen LogP contribution is 2.35. The van der Waals surface area contributed by atoms with E-state index in [1.807, 2.05) is 18.2 Å². The number of benzene rings is 1. The summed E-state index contributed by atoms with van der Waals surface area (Å²) in [6.45, 7) is 7.98. The van der Waals surface area contributed by atoms with Crippen LogP contribution in [0.3, 0.4) is 0 Å². The third-order valence-electron chi connectivity index (χ3n) is 3.28. The van der Waals surface area contributed by atoms with Gasteiger partial charge in [0, 0.05) is 24.5 Å². The van der Waals surface area contributed by atoms with Crippen molar-refractivity contribution in [3.05, 3.63) is 35.9 Å². The van der Waals surface area contributed by atoms with E-state index in [9.17, 15) is 4.79 Å². The first-order valence-corrected chi connectivity index (χ1v) is 6.32. The van der Waals surface area contributed by atoms with E-state index in [1.165, 1.54) is 0 Å². The van der Waals surface area contributed by atoms with Crippen LogP contribution in [0.5, 0.6) is 0 Å². The number of carbonyl (C=O) groups is 1. The summed E-state index contributed by atoms with van der Waals surface area (Å²) in [5.41, 5.74) is 2.25. The average molecular weight is 244 g/mol. The fraction of sp³-hybridized carbons (Fsp3) is 0.467. The normalized spacial score (nSPS) is 19.9. The minimum absolute atomic E-state index is 0.00287. The molecule has 0 saturated carbocycles. The van der Waals surface area contributed by atoms with Gasteiger partial charge in [-0.1, -0.05) is 51.1 Å². The third kappa shape index (κ3) is 2.45. The zero-order chi connectivity index (χ0) is 13.3. The van der Waals surface area contributed by atoms with Crippen molar-refractivity contribution in [2.75, 3.05) is 0 Å². The molecule has 0 aliphatic carbocycles. The third-order valence-corrected chi connectivity index (χ3v) is 3.28. The van der Waals surface area contributed by atoms with Crippen molar-refractivity contribution in [2.45, 2.75) is 40.2 Å². The van der Waals surface area contributed by atoms with Crippen LogP contribution in [0.25, 0.3) is 0 Å². The summed E-state index contributed by atoms with van der Waals surface area (Å²) < 4.78 is 0. The molecule has 3 nitrogen and oxygen atoms in total. The summed E-state index contributed by atoms with van der Waals surface area (Å²) in [7, 11) is 0. The van der Waals surface area contributed by atoms with Crippen molar-refractivity contribution < 1.29 is 4.79 Å². The molecule has 0 fully saturated rings. The zero-order valence-corrected chi connectivity index (χ0v) is 11.5. The van der Waals surface area contributed by atoms with Crippen LogP contribution in [0.15, 0.2) is 35.4 Å². The highest BCUT2D eigenvalue weighted by atomic mass is 16.2. The quantitative estimate of drug-likeness (QED) is 0.745. The molecule has 0 aromatic heterocycles. The Labute approximate surface area is 108 Å². The van der Waals surface area contributed by atoms with Gasteiger partial charge in [0.05, 0.1) is 6.04 Å². The molecule has 1 unspecified atom stereocenters. The predicted octanol–water partition coefficient (Wildman–Crippen LogP) is 3.38. The molecule has 0 spiro atoms. The van der Waals surface area contributed by atoms with Crippen LogP contribution in [-0.4, -0.2) is 16.6 Å². The van der Waals surface area contributed by atoms with E-state index >= 15 is 0 Å². The minimum atomic E-state index is 0.00287. The van der Waals surface area contributed by atoms with E-state index in [0.717, 1.165) is 17.7 Å². The van der Waals surface area contributed by atoms with E-state index in [2.05, 4.69) is 38.0 Å². The molecule has 1 heterocycles. The summed E-state index contributed by atoms with van der Waals surface area (Å²) in [5, 5.41) is 6.14. The van der Waals surface area contributed by atoms with Gasteiger partial charge in [0.1, 0.15) is 0 Å². The minimum Gasteiger partial charge on any atom is -0.273 e. The Morgan fingerprint density at radius 2 is 1.89 bits per heavy atom. The molecule has 1 aromatic rings. The average Bonchev–Trinajstić information content (AvgIpc) is 2.74. The smallest absolute Gasteiger partial charge is 0.240 e. The summed E-state index contributed by atoms with van der Waals surface area (Å²) in [4.78, 5) is 11.7. The molecule has 18 heavy (non-hydrogen) atoms. The molecule has 0 saturated heterocycles. The van der Waals surface area contributed by atoms with Crippen LogP contribution < -0.4 is 0 Å². The van der Waals surface area contributed by atoms with E-state index in [4.69, 9.17) is 0 Å². The monoisotopic (exact) mass is 244 g/mol. The van der Waals surface area contributed by atoms with Gasteiger partial charge < -0.3 is 0 Å². The summed E-state index contributed by atoms with van der Waals surface area (Å²) >= 11 is 0. The van der Waals surface area contributed by atoms with Crippen LogP contribution in [0.4, 0.5) is 0 Å². The van der Waals surface area contributed by atoms with Crippen LogP contribution in [0.2, 0.25) is 0 Å². The SMILES string of the molecule is CC(=O)N1N=C(C(C)(C)C)CC1c1ccccc1. The number of carbonyl (C=O) groups excluding carboxylic acids is 1. The van der Waals surface area contributed by atoms with Gasteiger partial charge >= 0.3 is 0 Å². The largest absolute Gasteiger partial charge is 0.273 e. The van der Waals surface area contributed by atoms with Crippen molar-refractivity contribution in [1.82, 2.24) is 5.01 Å². The molecule has 1 atom stereocenters. The van der Waals surface area contributed by atoms with Gasteiger partial charge in [-0.05, 0) is 5.56 Å². The maximum atomic E-state index is 11.7. The van der Waals surface area contributed by atoms with E-state index in [1.54, 1.807) is 11.9 Å². The summed E-state index contributed by atoms with van der Waals surface area (Å²) in [5.74, 6) is 0.00287. The second kappa shape index (κ2) is 4.56. The summed E-state index contributed by atoms with van der Waals surface area (Å²) in [6, 6.07) is 10.2. The number of hydrogen-bond acceptors (Lipinski definition) is 2. The van der Waals surface area contributed by atoms with Crippen LogP contribution in [-0.2, 0) is 4.79 Å². The lowest BCUT2D eigenvalue weighted by atomic mass is 9.86. The topological polar surface area (TPSA) is 32.7 Å². The van der Waals surface area contributed by atoms with Gasteiger partial charge in [0.25, 0.3) is 0 Å². The number of hydrogen-bond donors (Lipinski definition) is 0. The Kier molecular flexibility index (Phi) is 3.24. The number of rotatable bonds is 1. The number of nitrogens with zero attached hydrogens (tertiary/aromatic N) is 2. The second-order valence-electron chi connectivity index (χ2n) is 5.79. The van der Waals surface area contributed by atoms with Crippen LogP contribution in [0, 0.1) is 5.41 Å². The number of amides is 1. The van der Waals surface area contributed by atoms with Crippen molar-refractivity contribution in [3.63, 3.8) is 0 Å². The predicted molar refractivity (Wildman–Crippen MR) is 73.2 cm³/mol. The first-order chi connectivity index (χ1) is 8.39. The molecule has 0 N–H and O–H groups in total. The van der Waals surface area contributed by atoms with Crippen LogP contribution in [0.1, 0.15) is 45.7 Å². The van der Waals surface area contributed by atoms with E-state index in [0.29, 0.717) is 0 Å². The van der Waals surface area contributed by atoms with Gasteiger partial charge in [-0.25, -0.2) is 5.01 Å². The highest BCUT2D eigenvalue weighted by molar-refractivity contribution is 5.93. The lowest BCUT2D eigenvalue weighted by molar-refractivity contribution is -0.130. The molecule has 0 radical (unpaired) electrons. The lowest BCUT2D eigenvalue weighted by Crippen LogP contribution is -2.24. The lowest BCUT2D eigenvalue weighted by Gasteiger charge is -2.20. The van der Waals surface area contributed by atoms with Gasteiger partial charge in [-0.2, -0.15) is 5.10 Å². The molecular weight excluding hydrogens is 224 g/mol. The molecule has 1 aliphatic rings. The van der Waals surface area contributed by atoms with Crippen molar-refractivity contribution in [3.8, 4) is 0 Å². The molecule has 2 rings (SSSR count). The number of hydrazone groups is 1. The zero-order valence-electron chi connectivity index (χ0n) is 11.5. The van der Waals surface area contributed by atoms with Crippen molar-refractivity contribution in [2.24, 2.45) is 10.5 Å². The highest BCUT2D eigenvalue weighted by Gasteiger charge is 2.35. The van der Waals surface area contributed by atoms with E-state index in [-0.39, 0.29) is 17.4 Å². The first kappa shape index (κ1) is 12.8. The maximum Gasteiger partial charge on any atom is 0.240 e. The van der Waals surface area contributed by atoms with Crippen LogP contribution >= 0.6 is 0 Å². The van der Waals surface area contributed by atoms with Gasteiger partial charge in [0.2, 0.25) is 5.91 Å². The summed E-state index contributed by atoms with van der Waals surface area (Å²) in [6.07, 6.45) is 0.826. The van der Waals surface area contributed by atoms with Crippen molar-refractivity contribution in [1.29, 1.82) is 0 Å². The van der Waals surface area contributed by atoms with Gasteiger partial charge in [-0.15, -0.1) is 0 Å². The Balaban J connectivity index is 2.32. The Morgan fingerprint density at radius 3 is 2.39 bits per heavy atom. The molecule has 96 valence electrons. The van der Waals surface area contributed by atoms with E-state index < -0.39 is 0 Å². The Morgan fingerprint density at radius 1 is 1.28 bits per heavy atom. The Hall–Kier alpha value is -1.64. The first-order valence-electron chi connectivity index (χ1n) is 6.32. The maximum absolute atomic E-state index is 11.7. The molecular formula is C15H20N2O. The fourth-order valence-electron chi connectivity index (χ4n) is 2.19. The molecule has 1 amide bonds. The van der Waals surface area contributed by atoms with Gasteiger partial charge in [-0.3, -0.25) is 4.79 Å². The Bertz CT molecular complexity index is 471.